The molecule has 8 rings (SSSR count). The molecule has 7 heteroatoms. The number of aliphatic hydroxyl groups is 1. The van der Waals surface area contributed by atoms with E-state index in [1.807, 2.05) is 12.1 Å². The van der Waals surface area contributed by atoms with E-state index in [1.54, 1.807) is 0 Å². The highest BCUT2D eigenvalue weighted by molar-refractivity contribution is 5.75. The number of unbranched alkanes of at least 4 members (excludes halogenated alkanes) is 10. The topological polar surface area (TPSA) is 83.1 Å². The number of urea groups is 1. The average Bonchev–Trinajstić information content (AvgIpc) is 3.24. The number of nitrogens with one attached hydrogen (secondary N) is 2. The standard InChI is InChI=1S/C52H75N3O4/c1-3-5-7-9-11-13-26-55(27-14-12-10-8-6-4-2)37-48-32-49(45-20-18-39(38-56)19-21-45)59-50(58-48)46-24-22-44(23-25-46)47-17-15-16-40(31-47)36-53-51(57)54-52-33-41-28-42(34-52)30-43(29-41)35-52/h15-25,31,41-43,48-50,56H,3-14,26-30,32-38H2,1-2H3,(H2,53,54,57)/t41?,42?,43?,48-,49+,50+,52?/m1/s1. The third kappa shape index (κ3) is 12.7. The number of amides is 2. The molecule has 4 bridgehead atoms. The molecule has 5 aliphatic rings. The fourth-order valence-corrected chi connectivity index (χ4v) is 11.3. The highest BCUT2D eigenvalue weighted by atomic mass is 16.7. The quantitative estimate of drug-likeness (QED) is 0.0832. The van der Waals surface area contributed by atoms with Gasteiger partial charge in [0.05, 0.1) is 18.8 Å². The lowest BCUT2D eigenvalue weighted by Gasteiger charge is -2.56. The summed E-state index contributed by atoms with van der Waals surface area (Å²) in [6.07, 6.45) is 23.5. The summed E-state index contributed by atoms with van der Waals surface area (Å²) in [5, 5.41) is 16.4. The van der Waals surface area contributed by atoms with Gasteiger partial charge in [-0.3, -0.25) is 0 Å². The Morgan fingerprint density at radius 2 is 1.27 bits per heavy atom. The normalized spacial score (nSPS) is 26.0. The molecule has 1 aliphatic heterocycles. The van der Waals surface area contributed by atoms with Crippen LogP contribution in [-0.4, -0.2) is 47.3 Å². The Morgan fingerprint density at radius 3 is 1.88 bits per heavy atom. The number of benzene rings is 3. The van der Waals surface area contributed by atoms with Crippen LogP contribution >= 0.6 is 0 Å². The van der Waals surface area contributed by atoms with Crippen LogP contribution in [0.4, 0.5) is 4.79 Å². The molecule has 0 unspecified atom stereocenters. The summed E-state index contributed by atoms with van der Waals surface area (Å²) < 4.78 is 13.6. The van der Waals surface area contributed by atoms with Crippen molar-refractivity contribution < 1.29 is 19.4 Å². The van der Waals surface area contributed by atoms with Crippen molar-refractivity contribution >= 4 is 6.03 Å². The molecule has 2 amide bonds. The first-order valence-corrected chi connectivity index (χ1v) is 23.9. The van der Waals surface area contributed by atoms with Crippen LogP contribution in [0.5, 0.6) is 0 Å². The Labute approximate surface area is 356 Å². The van der Waals surface area contributed by atoms with Gasteiger partial charge in [0.1, 0.15) is 0 Å². The lowest BCUT2D eigenvalue weighted by atomic mass is 9.53. The predicted molar refractivity (Wildman–Crippen MR) is 240 cm³/mol. The first-order valence-electron chi connectivity index (χ1n) is 23.9. The Morgan fingerprint density at radius 1 is 0.678 bits per heavy atom. The summed E-state index contributed by atoms with van der Waals surface area (Å²) in [6, 6.07) is 25.4. The molecule has 4 saturated carbocycles. The van der Waals surface area contributed by atoms with Gasteiger partial charge in [-0.2, -0.15) is 0 Å². The molecule has 0 radical (unpaired) electrons. The van der Waals surface area contributed by atoms with Crippen LogP contribution in [0, 0.1) is 17.8 Å². The molecule has 59 heavy (non-hydrogen) atoms. The van der Waals surface area contributed by atoms with Gasteiger partial charge in [-0.1, -0.05) is 145 Å². The maximum atomic E-state index is 13.2. The molecule has 3 aromatic rings. The summed E-state index contributed by atoms with van der Waals surface area (Å²) in [6.45, 7) is 8.27. The molecular formula is C52H75N3O4. The summed E-state index contributed by atoms with van der Waals surface area (Å²) in [5.41, 5.74) is 6.42. The van der Waals surface area contributed by atoms with Gasteiger partial charge < -0.3 is 30.1 Å². The zero-order chi connectivity index (χ0) is 40.9. The highest BCUT2D eigenvalue weighted by Gasteiger charge is 2.51. The third-order valence-electron chi connectivity index (χ3n) is 14.0. The second-order valence-electron chi connectivity index (χ2n) is 19.0. The maximum Gasteiger partial charge on any atom is 0.315 e. The Bertz CT molecular complexity index is 1660. The minimum Gasteiger partial charge on any atom is -0.392 e. The van der Waals surface area contributed by atoms with Crippen molar-refractivity contribution in [3.63, 3.8) is 0 Å². The summed E-state index contributed by atoms with van der Waals surface area (Å²) in [5.74, 6) is 2.41. The molecule has 322 valence electrons. The van der Waals surface area contributed by atoms with Gasteiger partial charge in [0, 0.05) is 30.6 Å². The molecular weight excluding hydrogens is 731 g/mol. The number of carbonyl (C=O) groups is 1. The number of rotatable bonds is 23. The fourth-order valence-electron chi connectivity index (χ4n) is 11.3. The molecule has 3 aromatic carbocycles. The van der Waals surface area contributed by atoms with E-state index in [2.05, 4.69) is 90.0 Å². The molecule has 3 N–H and O–H groups in total. The predicted octanol–water partition coefficient (Wildman–Crippen LogP) is 12.2. The van der Waals surface area contributed by atoms with Crippen molar-refractivity contribution in [2.24, 2.45) is 17.8 Å². The van der Waals surface area contributed by atoms with E-state index >= 15 is 0 Å². The van der Waals surface area contributed by atoms with Crippen molar-refractivity contribution in [3.05, 3.63) is 95.1 Å². The van der Waals surface area contributed by atoms with Crippen molar-refractivity contribution in [2.45, 2.75) is 173 Å². The van der Waals surface area contributed by atoms with Crippen molar-refractivity contribution in [1.82, 2.24) is 15.5 Å². The largest absolute Gasteiger partial charge is 0.392 e. The molecule has 1 saturated heterocycles. The van der Waals surface area contributed by atoms with Gasteiger partial charge in [-0.15, -0.1) is 0 Å². The lowest BCUT2D eigenvalue weighted by Crippen LogP contribution is -2.61. The first-order chi connectivity index (χ1) is 28.9. The minimum absolute atomic E-state index is 0.0131. The zero-order valence-electron chi connectivity index (χ0n) is 36.5. The van der Waals surface area contributed by atoms with Crippen molar-refractivity contribution in [1.29, 1.82) is 0 Å². The van der Waals surface area contributed by atoms with Crippen molar-refractivity contribution in [3.8, 4) is 11.1 Å². The number of ether oxygens (including phenoxy) is 2. The molecule has 1 heterocycles. The zero-order valence-corrected chi connectivity index (χ0v) is 36.5. The molecule has 3 atom stereocenters. The molecule has 0 spiro atoms. The van der Waals surface area contributed by atoms with E-state index in [0.29, 0.717) is 6.54 Å². The SMILES string of the molecule is CCCCCCCCN(CCCCCCCC)C[C@H]1C[C@@H](c2ccc(CO)cc2)O[C@@H](c2ccc(-c3cccc(CNC(=O)NC45CC6CC(CC(C6)C4)C5)c3)cc2)O1. The van der Waals surface area contributed by atoms with Gasteiger partial charge in [-0.05, 0) is 116 Å². The Kier molecular flexibility index (Phi) is 16.4. The van der Waals surface area contributed by atoms with Gasteiger partial charge in [0.25, 0.3) is 0 Å². The molecule has 5 fully saturated rings. The van der Waals surface area contributed by atoms with Crippen LogP contribution in [0.15, 0.2) is 72.8 Å². The fraction of sp³-hybridized carbons (Fsp3) is 0.635. The van der Waals surface area contributed by atoms with Crippen LogP contribution in [0.3, 0.4) is 0 Å². The number of hydrogen-bond donors (Lipinski definition) is 3. The lowest BCUT2D eigenvalue weighted by molar-refractivity contribution is -0.253. The molecule has 0 aromatic heterocycles. The van der Waals surface area contributed by atoms with Crippen LogP contribution in [0.25, 0.3) is 11.1 Å². The summed E-state index contributed by atoms with van der Waals surface area (Å²) in [7, 11) is 0. The van der Waals surface area contributed by atoms with E-state index in [-0.39, 0.29) is 30.4 Å². The highest BCUT2D eigenvalue weighted by Crippen LogP contribution is 2.55. The van der Waals surface area contributed by atoms with Crippen molar-refractivity contribution in [2.75, 3.05) is 19.6 Å². The van der Waals surface area contributed by atoms with Crippen LogP contribution < -0.4 is 10.6 Å². The summed E-state index contributed by atoms with van der Waals surface area (Å²) in [4.78, 5) is 15.9. The van der Waals surface area contributed by atoms with E-state index in [4.69, 9.17) is 9.47 Å². The van der Waals surface area contributed by atoms with E-state index in [0.717, 1.165) is 96.5 Å². The van der Waals surface area contributed by atoms with E-state index in [1.165, 1.54) is 96.3 Å². The third-order valence-corrected chi connectivity index (χ3v) is 14.0. The van der Waals surface area contributed by atoms with E-state index in [9.17, 15) is 9.90 Å². The minimum atomic E-state index is -0.474. The van der Waals surface area contributed by atoms with Gasteiger partial charge in [0.2, 0.25) is 0 Å². The Hall–Kier alpha value is -3.23. The smallest absolute Gasteiger partial charge is 0.315 e. The Balaban J connectivity index is 0.986. The van der Waals surface area contributed by atoms with Crippen LogP contribution in [0.1, 0.15) is 170 Å². The van der Waals surface area contributed by atoms with Gasteiger partial charge in [-0.25, -0.2) is 4.79 Å². The van der Waals surface area contributed by atoms with Crippen LogP contribution in [0.2, 0.25) is 0 Å². The number of carbonyl (C=O) groups excluding carboxylic acids is 1. The monoisotopic (exact) mass is 806 g/mol. The molecule has 4 aliphatic carbocycles. The van der Waals surface area contributed by atoms with E-state index < -0.39 is 6.29 Å². The average molecular weight is 806 g/mol. The first kappa shape index (κ1) is 43.8. The maximum absolute atomic E-state index is 13.2. The van der Waals surface area contributed by atoms with Gasteiger partial charge >= 0.3 is 6.03 Å². The second kappa shape index (κ2) is 22.0. The van der Waals surface area contributed by atoms with Gasteiger partial charge in [0.15, 0.2) is 6.29 Å². The molecule has 7 nitrogen and oxygen atoms in total. The number of aliphatic hydroxyl groups excluding tert-OH is 1. The second-order valence-corrected chi connectivity index (χ2v) is 19.0. The summed E-state index contributed by atoms with van der Waals surface area (Å²) >= 11 is 0. The number of nitrogens with zero attached hydrogens (tertiary/aromatic N) is 1. The number of hydrogen-bond acceptors (Lipinski definition) is 5. The van der Waals surface area contributed by atoms with Crippen LogP contribution in [-0.2, 0) is 22.6 Å².